The number of ketones is 1. The molecule has 1 aromatic rings. The first kappa shape index (κ1) is 14.2. The van der Waals surface area contributed by atoms with E-state index in [-0.39, 0.29) is 11.9 Å². The maximum atomic E-state index is 12.4. The smallest absolute Gasteiger partial charge is 0.177 e. The number of ether oxygens (including phenoxy) is 1. The lowest BCUT2D eigenvalue weighted by atomic mass is 10.0. The molecule has 1 aliphatic heterocycles. The fraction of sp³-hybridized carbons (Fsp3) is 0.562. The van der Waals surface area contributed by atoms with Gasteiger partial charge in [-0.2, -0.15) is 0 Å². The second kappa shape index (κ2) is 6.31. The third-order valence-corrected chi connectivity index (χ3v) is 3.84. The predicted octanol–water partition coefficient (Wildman–Crippen LogP) is 2.68. The van der Waals surface area contributed by atoms with Crippen LogP contribution in [0.15, 0.2) is 24.3 Å². The molecule has 0 saturated carbocycles. The maximum Gasteiger partial charge on any atom is 0.177 e. The number of benzene rings is 1. The van der Waals surface area contributed by atoms with Gasteiger partial charge in [-0.3, -0.25) is 9.69 Å². The van der Waals surface area contributed by atoms with E-state index in [1.165, 1.54) is 0 Å². The Morgan fingerprint density at radius 1 is 1.42 bits per heavy atom. The molecule has 0 aliphatic carbocycles. The quantitative estimate of drug-likeness (QED) is 0.780. The zero-order valence-electron chi connectivity index (χ0n) is 12.1. The fourth-order valence-electron chi connectivity index (χ4n) is 2.64. The van der Waals surface area contributed by atoms with Crippen LogP contribution in [0.4, 0.5) is 0 Å². The van der Waals surface area contributed by atoms with Crippen LogP contribution in [0, 0.1) is 6.92 Å². The number of aryl methyl sites for hydroxylation is 1. The standard InChI is InChI=1S/C16H23NO2/c1-4-14-11-19-13(3)9-17(14)10-16(18)15-8-6-5-7-12(15)2/h5-8,13-14H,4,9-11H2,1-3H3. The minimum absolute atomic E-state index is 0.214. The molecule has 104 valence electrons. The van der Waals surface area contributed by atoms with Crippen molar-refractivity contribution in [3.63, 3.8) is 0 Å². The molecule has 3 heteroatoms. The number of hydrogen-bond acceptors (Lipinski definition) is 3. The Balaban J connectivity index is 2.07. The summed E-state index contributed by atoms with van der Waals surface area (Å²) in [5.41, 5.74) is 1.90. The van der Waals surface area contributed by atoms with Gasteiger partial charge in [-0.1, -0.05) is 31.2 Å². The third kappa shape index (κ3) is 3.43. The monoisotopic (exact) mass is 261 g/mol. The van der Waals surface area contributed by atoms with Crippen molar-refractivity contribution in [2.24, 2.45) is 0 Å². The summed E-state index contributed by atoms with van der Waals surface area (Å²) in [4.78, 5) is 14.7. The molecule has 1 heterocycles. The molecule has 0 amide bonds. The van der Waals surface area contributed by atoms with Gasteiger partial charge in [-0.15, -0.1) is 0 Å². The third-order valence-electron chi connectivity index (χ3n) is 3.84. The van der Waals surface area contributed by atoms with Crippen LogP contribution in [0.25, 0.3) is 0 Å². The number of rotatable bonds is 4. The summed E-state index contributed by atoms with van der Waals surface area (Å²) in [6, 6.07) is 8.18. The predicted molar refractivity (Wildman–Crippen MR) is 76.6 cm³/mol. The van der Waals surface area contributed by atoms with E-state index in [4.69, 9.17) is 4.74 Å². The second-order valence-corrected chi connectivity index (χ2v) is 5.37. The van der Waals surface area contributed by atoms with Gasteiger partial charge in [0.1, 0.15) is 0 Å². The number of Topliss-reactive ketones (excluding diaryl/α,β-unsaturated/α-hetero) is 1. The Bertz CT molecular complexity index is 444. The van der Waals surface area contributed by atoms with E-state index in [9.17, 15) is 4.79 Å². The zero-order valence-corrected chi connectivity index (χ0v) is 12.1. The first-order valence-corrected chi connectivity index (χ1v) is 7.06. The number of morpholine rings is 1. The molecule has 19 heavy (non-hydrogen) atoms. The number of carbonyl (C=O) groups excluding carboxylic acids is 1. The van der Waals surface area contributed by atoms with Gasteiger partial charge in [0.2, 0.25) is 0 Å². The lowest BCUT2D eigenvalue weighted by Crippen LogP contribution is -2.50. The van der Waals surface area contributed by atoms with E-state index < -0.39 is 0 Å². The summed E-state index contributed by atoms with van der Waals surface area (Å²) >= 11 is 0. The van der Waals surface area contributed by atoms with E-state index in [1.54, 1.807) is 0 Å². The van der Waals surface area contributed by atoms with Crippen molar-refractivity contribution in [2.45, 2.75) is 39.3 Å². The first-order chi connectivity index (χ1) is 9.11. The average Bonchev–Trinajstić information content (AvgIpc) is 2.39. The van der Waals surface area contributed by atoms with Crippen LogP contribution in [-0.4, -0.2) is 42.5 Å². The highest BCUT2D eigenvalue weighted by Crippen LogP contribution is 2.16. The van der Waals surface area contributed by atoms with Crippen molar-refractivity contribution < 1.29 is 9.53 Å². The van der Waals surface area contributed by atoms with Crippen molar-refractivity contribution in [1.29, 1.82) is 0 Å². The maximum absolute atomic E-state index is 12.4. The molecule has 1 saturated heterocycles. The van der Waals surface area contributed by atoms with E-state index in [1.807, 2.05) is 31.2 Å². The molecule has 0 bridgehead atoms. The summed E-state index contributed by atoms with van der Waals surface area (Å²) in [6.45, 7) is 8.28. The van der Waals surface area contributed by atoms with E-state index >= 15 is 0 Å². The molecular formula is C16H23NO2. The number of carbonyl (C=O) groups is 1. The molecule has 1 aliphatic rings. The minimum atomic E-state index is 0.214. The van der Waals surface area contributed by atoms with Gasteiger partial charge in [0.15, 0.2) is 5.78 Å². The van der Waals surface area contributed by atoms with Gasteiger partial charge in [-0.05, 0) is 25.8 Å². The Morgan fingerprint density at radius 2 is 2.16 bits per heavy atom. The molecular weight excluding hydrogens is 238 g/mol. The van der Waals surface area contributed by atoms with Crippen LogP contribution in [0.3, 0.4) is 0 Å². The van der Waals surface area contributed by atoms with Crippen LogP contribution in [0.5, 0.6) is 0 Å². The SMILES string of the molecule is CCC1COC(C)CN1CC(=O)c1ccccc1C. The number of nitrogens with zero attached hydrogens (tertiary/aromatic N) is 1. The lowest BCUT2D eigenvalue weighted by Gasteiger charge is -2.37. The summed E-state index contributed by atoms with van der Waals surface area (Å²) in [6.07, 6.45) is 1.24. The van der Waals surface area contributed by atoms with Crippen LogP contribution < -0.4 is 0 Å². The van der Waals surface area contributed by atoms with Gasteiger partial charge in [0.05, 0.1) is 19.3 Å². The van der Waals surface area contributed by atoms with Crippen molar-refractivity contribution in [2.75, 3.05) is 19.7 Å². The van der Waals surface area contributed by atoms with Gasteiger partial charge < -0.3 is 4.74 Å². The summed E-state index contributed by atoms with van der Waals surface area (Å²) < 4.78 is 5.67. The highest BCUT2D eigenvalue weighted by Gasteiger charge is 2.27. The molecule has 2 rings (SSSR count). The van der Waals surface area contributed by atoms with Crippen molar-refractivity contribution >= 4 is 5.78 Å². The Kier molecular flexibility index (Phi) is 4.72. The molecule has 2 unspecified atom stereocenters. The van der Waals surface area contributed by atoms with Gasteiger partial charge in [0.25, 0.3) is 0 Å². The van der Waals surface area contributed by atoms with Crippen molar-refractivity contribution in [3.05, 3.63) is 35.4 Å². The molecule has 0 spiro atoms. The molecule has 0 N–H and O–H groups in total. The highest BCUT2D eigenvalue weighted by molar-refractivity contribution is 5.98. The van der Waals surface area contributed by atoms with Crippen molar-refractivity contribution in [3.8, 4) is 0 Å². The Hall–Kier alpha value is -1.19. The van der Waals surface area contributed by atoms with Crippen LogP contribution in [0.2, 0.25) is 0 Å². The van der Waals surface area contributed by atoms with E-state index in [0.717, 1.165) is 30.7 Å². The Morgan fingerprint density at radius 3 is 2.84 bits per heavy atom. The highest BCUT2D eigenvalue weighted by atomic mass is 16.5. The Labute approximate surface area is 115 Å². The molecule has 1 fully saturated rings. The minimum Gasteiger partial charge on any atom is -0.376 e. The summed E-state index contributed by atoms with van der Waals surface area (Å²) in [5, 5.41) is 0. The topological polar surface area (TPSA) is 29.5 Å². The molecule has 0 aromatic heterocycles. The molecule has 0 radical (unpaired) electrons. The van der Waals surface area contributed by atoms with Crippen LogP contribution in [-0.2, 0) is 4.74 Å². The summed E-state index contributed by atoms with van der Waals surface area (Å²) in [7, 11) is 0. The van der Waals surface area contributed by atoms with Gasteiger partial charge >= 0.3 is 0 Å². The van der Waals surface area contributed by atoms with Crippen LogP contribution in [0.1, 0.15) is 36.2 Å². The normalized spacial score (nSPS) is 24.4. The van der Waals surface area contributed by atoms with Crippen molar-refractivity contribution in [1.82, 2.24) is 4.90 Å². The van der Waals surface area contributed by atoms with E-state index in [0.29, 0.717) is 12.6 Å². The first-order valence-electron chi connectivity index (χ1n) is 7.06. The zero-order chi connectivity index (χ0) is 13.8. The number of hydrogen-bond donors (Lipinski definition) is 0. The van der Waals surface area contributed by atoms with E-state index in [2.05, 4.69) is 18.7 Å². The average molecular weight is 261 g/mol. The molecule has 2 atom stereocenters. The molecule has 3 nitrogen and oxygen atoms in total. The largest absolute Gasteiger partial charge is 0.376 e. The lowest BCUT2D eigenvalue weighted by molar-refractivity contribution is -0.0523. The van der Waals surface area contributed by atoms with Crippen LogP contribution >= 0.6 is 0 Å². The van der Waals surface area contributed by atoms with Gasteiger partial charge in [-0.25, -0.2) is 0 Å². The fourth-order valence-corrected chi connectivity index (χ4v) is 2.64. The van der Waals surface area contributed by atoms with Gasteiger partial charge in [0, 0.05) is 18.2 Å². The second-order valence-electron chi connectivity index (χ2n) is 5.37. The molecule has 1 aromatic carbocycles. The summed E-state index contributed by atoms with van der Waals surface area (Å²) in [5.74, 6) is 0.214.